The van der Waals surface area contributed by atoms with E-state index in [-0.39, 0.29) is 24.5 Å². The molecule has 3 aromatic carbocycles. The van der Waals surface area contributed by atoms with Crippen molar-refractivity contribution in [1.82, 2.24) is 5.32 Å². The van der Waals surface area contributed by atoms with Crippen LogP contribution in [-0.2, 0) is 10.2 Å². The molecular formula is C30H33NO4. The number of benzene rings is 3. The fraction of sp³-hybridized carbons (Fsp3) is 0.300. The van der Waals surface area contributed by atoms with Crippen LogP contribution >= 0.6 is 0 Å². The zero-order valence-corrected chi connectivity index (χ0v) is 20.6. The number of carbonyl (C=O) groups is 3. The Hall–Kier alpha value is -3.73. The number of ketones is 1. The molecule has 0 bridgehead atoms. The number of carbonyl (C=O) groups excluding carboxylic acids is 2. The van der Waals surface area contributed by atoms with Gasteiger partial charge >= 0.3 is 5.97 Å². The molecule has 0 aliphatic carbocycles. The maximum Gasteiger partial charge on any atom is 0.314 e. The summed E-state index contributed by atoms with van der Waals surface area (Å²) < 4.78 is 0. The quantitative estimate of drug-likeness (QED) is 0.329. The van der Waals surface area contributed by atoms with E-state index in [4.69, 9.17) is 0 Å². The maximum atomic E-state index is 13.4. The molecular weight excluding hydrogens is 438 g/mol. The van der Waals surface area contributed by atoms with E-state index in [9.17, 15) is 19.5 Å². The summed E-state index contributed by atoms with van der Waals surface area (Å²) in [6, 6.07) is 23.5. The normalized spacial score (nSPS) is 12.7. The summed E-state index contributed by atoms with van der Waals surface area (Å²) in [4.78, 5) is 39.0. The number of rotatable bonds is 11. The van der Waals surface area contributed by atoms with Crippen molar-refractivity contribution in [3.05, 3.63) is 95.6 Å². The Balaban J connectivity index is 1.99. The van der Waals surface area contributed by atoms with Crippen molar-refractivity contribution < 1.29 is 19.5 Å². The van der Waals surface area contributed by atoms with Gasteiger partial charge in [-0.2, -0.15) is 0 Å². The van der Waals surface area contributed by atoms with Crippen LogP contribution in [0.25, 0.3) is 11.1 Å². The molecule has 0 radical (unpaired) electrons. The Bertz CT molecular complexity index is 1170. The van der Waals surface area contributed by atoms with E-state index in [1.165, 1.54) is 0 Å². The summed E-state index contributed by atoms with van der Waals surface area (Å²) in [5, 5.41) is 13.1. The largest absolute Gasteiger partial charge is 0.481 e. The van der Waals surface area contributed by atoms with Gasteiger partial charge in [0.15, 0.2) is 5.78 Å². The molecule has 1 unspecified atom stereocenters. The van der Waals surface area contributed by atoms with Crippen molar-refractivity contribution in [2.45, 2.75) is 45.4 Å². The first-order valence-corrected chi connectivity index (χ1v) is 12.1. The van der Waals surface area contributed by atoms with Gasteiger partial charge in [-0.15, -0.1) is 0 Å². The molecule has 3 rings (SSSR count). The van der Waals surface area contributed by atoms with E-state index in [2.05, 4.69) is 19.2 Å². The summed E-state index contributed by atoms with van der Waals surface area (Å²) >= 11 is 0. The number of Topliss-reactive ketones (excluding diaryl/α,β-unsaturated/α-hetero) is 1. The zero-order chi connectivity index (χ0) is 25.4. The van der Waals surface area contributed by atoms with E-state index >= 15 is 0 Å². The first-order valence-electron chi connectivity index (χ1n) is 12.1. The second-order valence-corrected chi connectivity index (χ2v) is 9.27. The highest BCUT2D eigenvalue weighted by molar-refractivity contribution is 6.06. The van der Waals surface area contributed by atoms with Crippen LogP contribution in [0.15, 0.2) is 78.9 Å². The highest BCUT2D eigenvalue weighted by atomic mass is 16.4. The highest BCUT2D eigenvalue weighted by Gasteiger charge is 2.41. The number of aliphatic carboxylic acids is 1. The summed E-state index contributed by atoms with van der Waals surface area (Å²) in [6.07, 6.45) is 0.921. The number of amides is 1. The molecule has 0 aliphatic heterocycles. The van der Waals surface area contributed by atoms with Gasteiger partial charge in [0.2, 0.25) is 0 Å². The second kappa shape index (κ2) is 11.6. The number of carboxylic acids is 1. The first kappa shape index (κ1) is 25.9. The molecule has 5 heteroatoms. The molecule has 0 heterocycles. The Morgan fingerprint density at radius 3 is 2.11 bits per heavy atom. The van der Waals surface area contributed by atoms with Gasteiger partial charge in [-0.05, 0) is 41.5 Å². The van der Waals surface area contributed by atoms with Crippen LogP contribution in [0.4, 0.5) is 0 Å². The highest BCUT2D eigenvalue weighted by Crippen LogP contribution is 2.34. The molecule has 1 atom stereocenters. The molecule has 0 saturated heterocycles. The van der Waals surface area contributed by atoms with Gasteiger partial charge in [0, 0.05) is 24.1 Å². The maximum absolute atomic E-state index is 13.4. The van der Waals surface area contributed by atoms with E-state index in [0.717, 1.165) is 17.5 Å². The van der Waals surface area contributed by atoms with Gasteiger partial charge < -0.3 is 10.4 Å². The van der Waals surface area contributed by atoms with Crippen molar-refractivity contribution in [1.29, 1.82) is 0 Å². The van der Waals surface area contributed by atoms with Gasteiger partial charge in [-0.1, -0.05) is 93.6 Å². The third-order valence-electron chi connectivity index (χ3n) is 6.48. The molecule has 182 valence electrons. The van der Waals surface area contributed by atoms with E-state index in [0.29, 0.717) is 29.2 Å². The topological polar surface area (TPSA) is 83.5 Å². The average molecular weight is 472 g/mol. The summed E-state index contributed by atoms with van der Waals surface area (Å²) in [6.45, 7) is 6.50. The molecule has 2 N–H and O–H groups in total. The van der Waals surface area contributed by atoms with Crippen LogP contribution < -0.4 is 5.32 Å². The van der Waals surface area contributed by atoms with Crippen molar-refractivity contribution >= 4 is 17.7 Å². The standard InChI is InChI=1S/C30H33NO4/c1-4-30(29(34)35,24-13-9-6-10-14-24)20-27(32)23-15-16-25(22-11-7-5-8-12-22)26(19-23)28(33)31-18-17-21(2)3/h5-16,19,21H,4,17-18,20H2,1-3H3,(H,31,33)(H,34,35). The monoisotopic (exact) mass is 471 g/mol. The van der Waals surface area contributed by atoms with Gasteiger partial charge in [-0.25, -0.2) is 0 Å². The van der Waals surface area contributed by atoms with Gasteiger partial charge in [-0.3, -0.25) is 14.4 Å². The minimum atomic E-state index is -1.34. The molecule has 0 spiro atoms. The predicted molar refractivity (Wildman–Crippen MR) is 139 cm³/mol. The van der Waals surface area contributed by atoms with Crippen LogP contribution in [0, 0.1) is 5.92 Å². The van der Waals surface area contributed by atoms with E-state index in [1.54, 1.807) is 49.4 Å². The fourth-order valence-electron chi connectivity index (χ4n) is 4.26. The molecule has 0 fully saturated rings. The minimum Gasteiger partial charge on any atom is -0.481 e. The predicted octanol–water partition coefficient (Wildman–Crippen LogP) is 6.13. The Labute approximate surface area is 207 Å². The Morgan fingerprint density at radius 2 is 1.54 bits per heavy atom. The molecule has 0 aliphatic rings. The summed E-state index contributed by atoms with van der Waals surface area (Å²) in [5.41, 5.74) is 1.59. The van der Waals surface area contributed by atoms with E-state index in [1.807, 2.05) is 36.4 Å². The van der Waals surface area contributed by atoms with Crippen molar-refractivity contribution in [3.63, 3.8) is 0 Å². The van der Waals surface area contributed by atoms with Crippen molar-refractivity contribution in [3.8, 4) is 11.1 Å². The van der Waals surface area contributed by atoms with E-state index < -0.39 is 11.4 Å². The van der Waals surface area contributed by atoms with Crippen LogP contribution in [0.3, 0.4) is 0 Å². The summed E-state index contributed by atoms with van der Waals surface area (Å²) in [5.74, 6) is -1.14. The van der Waals surface area contributed by atoms with Crippen LogP contribution in [0.5, 0.6) is 0 Å². The Morgan fingerprint density at radius 1 is 0.914 bits per heavy atom. The molecule has 5 nitrogen and oxygen atoms in total. The third-order valence-corrected chi connectivity index (χ3v) is 6.48. The number of carboxylic acid groups (broad SMARTS) is 1. The zero-order valence-electron chi connectivity index (χ0n) is 20.6. The summed E-state index contributed by atoms with van der Waals surface area (Å²) in [7, 11) is 0. The lowest BCUT2D eigenvalue weighted by atomic mass is 9.73. The second-order valence-electron chi connectivity index (χ2n) is 9.27. The smallest absolute Gasteiger partial charge is 0.314 e. The van der Waals surface area contributed by atoms with Crippen molar-refractivity contribution in [2.24, 2.45) is 5.92 Å². The lowest BCUT2D eigenvalue weighted by Crippen LogP contribution is -2.37. The molecule has 0 aromatic heterocycles. The van der Waals surface area contributed by atoms with Gasteiger partial charge in [0.05, 0.1) is 5.41 Å². The number of hydrogen-bond acceptors (Lipinski definition) is 3. The number of nitrogens with one attached hydrogen (secondary N) is 1. The average Bonchev–Trinajstić information content (AvgIpc) is 2.87. The Kier molecular flexibility index (Phi) is 8.58. The molecule has 35 heavy (non-hydrogen) atoms. The lowest BCUT2D eigenvalue weighted by Gasteiger charge is -2.28. The fourth-order valence-corrected chi connectivity index (χ4v) is 4.26. The molecule has 0 saturated carbocycles. The first-order chi connectivity index (χ1) is 16.8. The SMILES string of the molecule is CCC(CC(=O)c1ccc(-c2ccccc2)c(C(=O)NCCC(C)C)c1)(C(=O)O)c1ccccc1. The van der Waals surface area contributed by atoms with Gasteiger partial charge in [0.25, 0.3) is 5.91 Å². The van der Waals surface area contributed by atoms with Gasteiger partial charge in [0.1, 0.15) is 0 Å². The minimum absolute atomic E-state index is 0.193. The number of hydrogen-bond donors (Lipinski definition) is 2. The van der Waals surface area contributed by atoms with Crippen LogP contribution in [0.2, 0.25) is 0 Å². The lowest BCUT2D eigenvalue weighted by molar-refractivity contribution is -0.144. The molecule has 3 aromatic rings. The molecule has 1 amide bonds. The third kappa shape index (κ3) is 6.04. The van der Waals surface area contributed by atoms with Crippen molar-refractivity contribution in [2.75, 3.05) is 6.54 Å². The van der Waals surface area contributed by atoms with Crippen LogP contribution in [0.1, 0.15) is 66.3 Å². The van der Waals surface area contributed by atoms with Crippen LogP contribution in [-0.4, -0.2) is 29.3 Å².